The van der Waals surface area contributed by atoms with Crippen LogP contribution in [0.25, 0.3) is 10.9 Å². The standard InChI is InChI=1S/C31H35ClN2O2S/c1-22(2)20-24-10-14-28(15-11-24)37(35,36)33-18-16-26(17-19-33)31-23(3)34(30-7-5-4-6-29(30)31)21-25-8-12-27(32)13-9-25/h4-15,22,26H,16-21H2,1-3H3. The number of sulfonamides is 1. The zero-order valence-electron chi connectivity index (χ0n) is 21.8. The molecule has 4 aromatic rings. The first-order chi connectivity index (χ1) is 17.7. The van der Waals surface area contributed by atoms with Gasteiger partial charge in [-0.1, -0.05) is 67.9 Å². The van der Waals surface area contributed by atoms with Gasteiger partial charge in [-0.15, -0.1) is 0 Å². The van der Waals surface area contributed by atoms with Crippen molar-refractivity contribution in [2.24, 2.45) is 5.92 Å². The molecule has 1 saturated heterocycles. The second-order valence-electron chi connectivity index (χ2n) is 10.6. The predicted molar refractivity (Wildman–Crippen MR) is 153 cm³/mol. The monoisotopic (exact) mass is 534 g/mol. The molecule has 0 amide bonds. The molecule has 1 aliphatic heterocycles. The molecular formula is C31H35ClN2O2S. The van der Waals surface area contributed by atoms with Gasteiger partial charge >= 0.3 is 0 Å². The van der Waals surface area contributed by atoms with Crippen LogP contribution in [0, 0.1) is 12.8 Å². The van der Waals surface area contributed by atoms with E-state index in [2.05, 4.69) is 61.7 Å². The topological polar surface area (TPSA) is 42.3 Å². The average Bonchev–Trinajstić information content (AvgIpc) is 3.16. The number of fused-ring (bicyclic) bond motifs is 1. The van der Waals surface area contributed by atoms with E-state index in [1.165, 1.54) is 33.3 Å². The summed E-state index contributed by atoms with van der Waals surface area (Å²) >= 11 is 6.10. The van der Waals surface area contributed by atoms with Crippen LogP contribution < -0.4 is 0 Å². The van der Waals surface area contributed by atoms with Crippen LogP contribution in [-0.4, -0.2) is 30.4 Å². The summed E-state index contributed by atoms with van der Waals surface area (Å²) in [5.41, 5.74) is 6.23. The van der Waals surface area contributed by atoms with Gasteiger partial charge in [0.2, 0.25) is 10.0 Å². The zero-order chi connectivity index (χ0) is 26.2. The summed E-state index contributed by atoms with van der Waals surface area (Å²) in [5.74, 6) is 0.873. The third-order valence-corrected chi connectivity index (χ3v) is 9.77. The number of benzene rings is 3. The minimum absolute atomic E-state index is 0.330. The fourth-order valence-corrected chi connectivity index (χ4v) is 7.35. The van der Waals surface area contributed by atoms with Crippen molar-refractivity contribution in [3.05, 3.63) is 100 Å². The smallest absolute Gasteiger partial charge is 0.243 e. The molecular weight excluding hydrogens is 500 g/mol. The first-order valence-electron chi connectivity index (χ1n) is 13.2. The number of para-hydroxylation sites is 1. The van der Waals surface area contributed by atoms with Gasteiger partial charge in [0.15, 0.2) is 0 Å². The van der Waals surface area contributed by atoms with E-state index in [-0.39, 0.29) is 0 Å². The number of halogens is 1. The van der Waals surface area contributed by atoms with Gasteiger partial charge in [0.25, 0.3) is 0 Å². The lowest BCUT2D eigenvalue weighted by Gasteiger charge is -2.31. The van der Waals surface area contributed by atoms with E-state index in [0.717, 1.165) is 30.8 Å². The van der Waals surface area contributed by atoms with Gasteiger partial charge in [0.05, 0.1) is 4.90 Å². The molecule has 1 aliphatic rings. The Labute approximate surface area is 225 Å². The minimum Gasteiger partial charge on any atom is -0.340 e. The Bertz CT molecular complexity index is 1480. The minimum atomic E-state index is -3.49. The lowest BCUT2D eigenvalue weighted by molar-refractivity contribution is 0.319. The van der Waals surface area contributed by atoms with Gasteiger partial charge in [0.1, 0.15) is 0 Å². The molecule has 5 rings (SSSR count). The summed E-state index contributed by atoms with van der Waals surface area (Å²) in [4.78, 5) is 0.397. The van der Waals surface area contributed by atoms with Gasteiger partial charge < -0.3 is 4.57 Å². The maximum atomic E-state index is 13.4. The second-order valence-corrected chi connectivity index (χ2v) is 13.0. The molecule has 1 fully saturated rings. The van der Waals surface area contributed by atoms with Crippen LogP contribution in [0.2, 0.25) is 5.02 Å². The molecule has 0 saturated carbocycles. The lowest BCUT2D eigenvalue weighted by atomic mass is 9.88. The lowest BCUT2D eigenvalue weighted by Crippen LogP contribution is -2.38. The van der Waals surface area contributed by atoms with Crippen molar-refractivity contribution in [1.29, 1.82) is 0 Å². The highest BCUT2D eigenvalue weighted by atomic mass is 35.5. The molecule has 0 atom stereocenters. The molecule has 0 radical (unpaired) electrons. The molecule has 3 aromatic carbocycles. The maximum absolute atomic E-state index is 13.4. The first-order valence-corrected chi connectivity index (χ1v) is 15.0. The SMILES string of the molecule is Cc1c(C2CCN(S(=O)(=O)c3ccc(CC(C)C)cc3)CC2)c2ccccc2n1Cc1ccc(Cl)cc1. The van der Waals surface area contributed by atoms with Crippen molar-refractivity contribution in [2.45, 2.75) is 57.4 Å². The number of hydrogen-bond donors (Lipinski definition) is 0. The Hall–Kier alpha value is -2.60. The molecule has 0 spiro atoms. The van der Waals surface area contributed by atoms with Gasteiger partial charge in [-0.25, -0.2) is 8.42 Å². The molecule has 194 valence electrons. The Morgan fingerprint density at radius 3 is 2.16 bits per heavy atom. The van der Waals surface area contributed by atoms with Crippen LogP contribution in [0.4, 0.5) is 0 Å². The second kappa shape index (κ2) is 10.6. The van der Waals surface area contributed by atoms with E-state index in [0.29, 0.717) is 29.8 Å². The van der Waals surface area contributed by atoms with Crippen molar-refractivity contribution in [2.75, 3.05) is 13.1 Å². The summed E-state index contributed by atoms with van der Waals surface area (Å²) in [6, 6.07) is 24.1. The van der Waals surface area contributed by atoms with Crippen LogP contribution in [-0.2, 0) is 23.0 Å². The van der Waals surface area contributed by atoms with Crippen molar-refractivity contribution < 1.29 is 8.42 Å². The molecule has 1 aromatic heterocycles. The van der Waals surface area contributed by atoms with Crippen LogP contribution >= 0.6 is 11.6 Å². The Morgan fingerprint density at radius 1 is 0.892 bits per heavy atom. The van der Waals surface area contributed by atoms with Crippen LogP contribution in [0.15, 0.2) is 77.7 Å². The summed E-state index contributed by atoms with van der Waals surface area (Å²) in [6.45, 7) is 8.40. The molecule has 2 heterocycles. The summed E-state index contributed by atoms with van der Waals surface area (Å²) < 4.78 is 30.8. The first kappa shape index (κ1) is 26.0. The van der Waals surface area contributed by atoms with Crippen LogP contribution in [0.1, 0.15) is 55.0 Å². The van der Waals surface area contributed by atoms with E-state index >= 15 is 0 Å². The molecule has 0 bridgehead atoms. The van der Waals surface area contributed by atoms with E-state index in [1.807, 2.05) is 24.3 Å². The van der Waals surface area contributed by atoms with Gasteiger partial charge in [-0.05, 0) is 85.0 Å². The maximum Gasteiger partial charge on any atom is 0.243 e. The Balaban J connectivity index is 1.36. The number of nitrogens with zero attached hydrogens (tertiary/aromatic N) is 2. The van der Waals surface area contributed by atoms with E-state index in [4.69, 9.17) is 11.6 Å². The number of hydrogen-bond acceptors (Lipinski definition) is 2. The highest BCUT2D eigenvalue weighted by Crippen LogP contribution is 2.38. The highest BCUT2D eigenvalue weighted by Gasteiger charge is 2.32. The number of piperidine rings is 1. The molecule has 0 N–H and O–H groups in total. The third-order valence-electron chi connectivity index (χ3n) is 7.60. The zero-order valence-corrected chi connectivity index (χ0v) is 23.4. The normalized spacial score (nSPS) is 15.6. The average molecular weight is 535 g/mol. The van der Waals surface area contributed by atoms with Gasteiger partial charge in [-0.3, -0.25) is 0 Å². The molecule has 0 aliphatic carbocycles. The number of aromatic nitrogens is 1. The number of rotatable bonds is 7. The summed E-state index contributed by atoms with van der Waals surface area (Å²) in [5, 5.41) is 2.02. The summed E-state index contributed by atoms with van der Waals surface area (Å²) in [7, 11) is -3.49. The highest BCUT2D eigenvalue weighted by molar-refractivity contribution is 7.89. The van der Waals surface area contributed by atoms with Crippen molar-refractivity contribution >= 4 is 32.5 Å². The van der Waals surface area contributed by atoms with Gasteiger partial charge in [-0.2, -0.15) is 4.31 Å². The predicted octanol–water partition coefficient (Wildman–Crippen LogP) is 7.42. The Kier molecular flexibility index (Phi) is 7.49. The molecule has 6 heteroatoms. The van der Waals surface area contributed by atoms with E-state index in [9.17, 15) is 8.42 Å². The van der Waals surface area contributed by atoms with Crippen molar-refractivity contribution in [3.8, 4) is 0 Å². The molecule has 4 nitrogen and oxygen atoms in total. The van der Waals surface area contributed by atoms with Crippen molar-refractivity contribution in [3.63, 3.8) is 0 Å². The van der Waals surface area contributed by atoms with Crippen LogP contribution in [0.3, 0.4) is 0 Å². The fourth-order valence-electron chi connectivity index (χ4n) is 5.75. The molecule has 0 unspecified atom stereocenters. The molecule has 37 heavy (non-hydrogen) atoms. The third kappa shape index (κ3) is 5.36. The van der Waals surface area contributed by atoms with Gasteiger partial charge in [0, 0.05) is 41.3 Å². The van der Waals surface area contributed by atoms with E-state index in [1.54, 1.807) is 16.4 Å². The summed E-state index contributed by atoms with van der Waals surface area (Å²) in [6.07, 6.45) is 2.59. The fraction of sp³-hybridized carbons (Fsp3) is 0.355. The van der Waals surface area contributed by atoms with Crippen LogP contribution in [0.5, 0.6) is 0 Å². The largest absolute Gasteiger partial charge is 0.340 e. The Morgan fingerprint density at radius 2 is 1.51 bits per heavy atom. The van der Waals surface area contributed by atoms with Crippen molar-refractivity contribution in [1.82, 2.24) is 8.87 Å². The van der Waals surface area contributed by atoms with E-state index < -0.39 is 10.0 Å². The quantitative estimate of drug-likeness (QED) is 0.247.